The van der Waals surface area contributed by atoms with Gasteiger partial charge in [-0.2, -0.15) is 0 Å². The summed E-state index contributed by atoms with van der Waals surface area (Å²) in [6.07, 6.45) is 2.16. The standard InChI is InChI=1S/C14H21BrN2O2/c1-9(2)17-8-12(15)5-13(17)14(18)16-6-10(3)19-11(4)7-16/h5,8-11H,6-7H2,1-4H3/t10-,11+. The van der Waals surface area contributed by atoms with Crippen molar-refractivity contribution in [2.24, 2.45) is 0 Å². The van der Waals surface area contributed by atoms with E-state index in [0.29, 0.717) is 13.1 Å². The van der Waals surface area contributed by atoms with Crippen molar-refractivity contribution in [3.8, 4) is 0 Å². The molecule has 0 bridgehead atoms. The zero-order valence-corrected chi connectivity index (χ0v) is 13.5. The van der Waals surface area contributed by atoms with Crippen LogP contribution in [-0.2, 0) is 4.74 Å². The Morgan fingerprint density at radius 2 is 1.95 bits per heavy atom. The monoisotopic (exact) mass is 328 g/mol. The number of carbonyl (C=O) groups excluding carboxylic acids is 1. The molecule has 2 heterocycles. The zero-order chi connectivity index (χ0) is 14.2. The van der Waals surface area contributed by atoms with Crippen molar-refractivity contribution in [3.05, 3.63) is 22.4 Å². The summed E-state index contributed by atoms with van der Waals surface area (Å²) in [5, 5.41) is 0. The van der Waals surface area contributed by atoms with Crippen molar-refractivity contribution in [1.29, 1.82) is 0 Å². The van der Waals surface area contributed by atoms with Crippen molar-refractivity contribution in [1.82, 2.24) is 9.47 Å². The SMILES string of the molecule is CC(C)n1cc(Br)cc1C(=O)N1C[C@@H](C)O[C@@H](C)C1. The minimum absolute atomic E-state index is 0.0846. The maximum absolute atomic E-state index is 12.7. The first-order valence-electron chi connectivity index (χ1n) is 6.70. The molecule has 0 spiro atoms. The van der Waals surface area contributed by atoms with Crippen LogP contribution in [0.3, 0.4) is 0 Å². The topological polar surface area (TPSA) is 34.5 Å². The van der Waals surface area contributed by atoms with Crippen molar-refractivity contribution >= 4 is 21.8 Å². The van der Waals surface area contributed by atoms with E-state index in [-0.39, 0.29) is 24.2 Å². The van der Waals surface area contributed by atoms with E-state index in [0.717, 1.165) is 10.2 Å². The van der Waals surface area contributed by atoms with Crippen molar-refractivity contribution in [2.75, 3.05) is 13.1 Å². The second kappa shape index (κ2) is 5.67. The van der Waals surface area contributed by atoms with Crippen LogP contribution in [-0.4, -0.2) is 40.7 Å². The number of amides is 1. The molecular weight excluding hydrogens is 308 g/mol. The van der Waals surface area contributed by atoms with Crippen LogP contribution in [0.15, 0.2) is 16.7 Å². The molecule has 1 saturated heterocycles. The second-order valence-corrected chi connectivity index (χ2v) is 6.43. The van der Waals surface area contributed by atoms with Crippen molar-refractivity contribution in [2.45, 2.75) is 45.9 Å². The van der Waals surface area contributed by atoms with E-state index in [4.69, 9.17) is 4.74 Å². The lowest BCUT2D eigenvalue weighted by Crippen LogP contribution is -2.48. The smallest absolute Gasteiger partial charge is 0.270 e. The molecule has 0 N–H and O–H groups in total. The van der Waals surface area contributed by atoms with Crippen LogP contribution in [0, 0.1) is 0 Å². The van der Waals surface area contributed by atoms with Crippen molar-refractivity contribution < 1.29 is 9.53 Å². The lowest BCUT2D eigenvalue weighted by molar-refractivity contribution is -0.0588. The summed E-state index contributed by atoms with van der Waals surface area (Å²) in [7, 11) is 0. The van der Waals surface area contributed by atoms with E-state index in [1.807, 2.05) is 35.6 Å². The largest absolute Gasteiger partial charge is 0.372 e. The molecule has 0 radical (unpaired) electrons. The van der Waals surface area contributed by atoms with Gasteiger partial charge in [-0.1, -0.05) is 0 Å². The fraction of sp³-hybridized carbons (Fsp3) is 0.643. The van der Waals surface area contributed by atoms with Crippen LogP contribution in [0.2, 0.25) is 0 Å². The molecule has 1 amide bonds. The third-order valence-electron chi connectivity index (χ3n) is 3.30. The van der Waals surface area contributed by atoms with Gasteiger partial charge in [0.2, 0.25) is 0 Å². The molecule has 1 fully saturated rings. The first-order valence-corrected chi connectivity index (χ1v) is 7.50. The fourth-order valence-corrected chi connectivity index (χ4v) is 2.99. The predicted molar refractivity (Wildman–Crippen MR) is 78.4 cm³/mol. The second-order valence-electron chi connectivity index (χ2n) is 5.51. The minimum Gasteiger partial charge on any atom is -0.372 e. The quantitative estimate of drug-likeness (QED) is 0.836. The highest BCUT2D eigenvalue weighted by atomic mass is 79.9. The van der Waals surface area contributed by atoms with E-state index in [9.17, 15) is 4.79 Å². The molecular formula is C14H21BrN2O2. The summed E-state index contributed by atoms with van der Waals surface area (Å²) < 4.78 is 8.63. The maximum Gasteiger partial charge on any atom is 0.270 e. The van der Waals surface area contributed by atoms with Gasteiger partial charge in [0.25, 0.3) is 5.91 Å². The number of halogens is 1. The third kappa shape index (κ3) is 3.20. The molecule has 106 valence electrons. The highest BCUT2D eigenvalue weighted by molar-refractivity contribution is 9.10. The highest BCUT2D eigenvalue weighted by Gasteiger charge is 2.28. The fourth-order valence-electron chi connectivity index (χ4n) is 2.55. The number of hydrogen-bond donors (Lipinski definition) is 0. The van der Waals surface area contributed by atoms with Crippen LogP contribution in [0.5, 0.6) is 0 Å². The van der Waals surface area contributed by atoms with Gasteiger partial charge in [0, 0.05) is 29.8 Å². The molecule has 1 aliphatic heterocycles. The van der Waals surface area contributed by atoms with Gasteiger partial charge in [-0.05, 0) is 49.7 Å². The number of morpholine rings is 1. The van der Waals surface area contributed by atoms with Crippen LogP contribution < -0.4 is 0 Å². The van der Waals surface area contributed by atoms with Gasteiger partial charge in [-0.3, -0.25) is 4.79 Å². The Morgan fingerprint density at radius 1 is 1.37 bits per heavy atom. The Kier molecular flexibility index (Phi) is 4.36. The number of rotatable bonds is 2. The summed E-state index contributed by atoms with van der Waals surface area (Å²) in [6, 6.07) is 2.16. The van der Waals surface area contributed by atoms with Gasteiger partial charge in [0.15, 0.2) is 0 Å². The van der Waals surface area contributed by atoms with E-state index < -0.39 is 0 Å². The van der Waals surface area contributed by atoms with Gasteiger partial charge in [-0.15, -0.1) is 0 Å². The van der Waals surface area contributed by atoms with E-state index in [2.05, 4.69) is 29.8 Å². The van der Waals surface area contributed by atoms with Gasteiger partial charge in [-0.25, -0.2) is 0 Å². The van der Waals surface area contributed by atoms with Gasteiger partial charge in [0.05, 0.1) is 12.2 Å². The number of ether oxygens (including phenoxy) is 1. The first-order chi connectivity index (χ1) is 8.88. The number of hydrogen-bond acceptors (Lipinski definition) is 2. The molecule has 2 rings (SSSR count). The summed E-state index contributed by atoms with van der Waals surface area (Å²) >= 11 is 3.45. The molecule has 1 aliphatic rings. The van der Waals surface area contributed by atoms with Crippen molar-refractivity contribution in [3.63, 3.8) is 0 Å². The van der Waals surface area contributed by atoms with E-state index >= 15 is 0 Å². The summed E-state index contributed by atoms with van der Waals surface area (Å²) in [4.78, 5) is 14.5. The summed E-state index contributed by atoms with van der Waals surface area (Å²) in [6.45, 7) is 9.48. The molecule has 0 aromatic carbocycles. The maximum atomic E-state index is 12.7. The van der Waals surface area contributed by atoms with E-state index in [1.54, 1.807) is 0 Å². The molecule has 4 nitrogen and oxygen atoms in total. The average molecular weight is 329 g/mol. The molecule has 19 heavy (non-hydrogen) atoms. The highest BCUT2D eigenvalue weighted by Crippen LogP contribution is 2.22. The van der Waals surface area contributed by atoms with Crippen LogP contribution in [0.25, 0.3) is 0 Å². The normalized spacial score (nSPS) is 24.0. The average Bonchev–Trinajstić information content (AvgIpc) is 2.69. The minimum atomic E-state index is 0.0846. The first kappa shape index (κ1) is 14.6. The predicted octanol–water partition coefficient (Wildman–Crippen LogP) is 3.08. The number of nitrogens with zero attached hydrogens (tertiary/aromatic N) is 2. The Hall–Kier alpha value is -0.810. The molecule has 2 atom stereocenters. The van der Waals surface area contributed by atoms with Gasteiger partial charge in [0.1, 0.15) is 5.69 Å². The Morgan fingerprint density at radius 3 is 2.47 bits per heavy atom. The summed E-state index contributed by atoms with van der Waals surface area (Å²) in [5.41, 5.74) is 0.739. The molecule has 0 aliphatic carbocycles. The zero-order valence-electron chi connectivity index (χ0n) is 11.9. The molecule has 5 heteroatoms. The number of aromatic nitrogens is 1. The van der Waals surface area contributed by atoms with Crippen LogP contribution >= 0.6 is 15.9 Å². The summed E-state index contributed by atoms with van der Waals surface area (Å²) in [5.74, 6) is 0.0846. The third-order valence-corrected chi connectivity index (χ3v) is 3.73. The molecule has 0 unspecified atom stereocenters. The number of carbonyl (C=O) groups is 1. The Bertz CT molecular complexity index is 460. The Labute approximate surface area is 122 Å². The molecule has 1 aromatic rings. The molecule has 1 aromatic heterocycles. The van der Waals surface area contributed by atoms with Gasteiger partial charge < -0.3 is 14.2 Å². The van der Waals surface area contributed by atoms with E-state index in [1.165, 1.54) is 0 Å². The molecule has 0 saturated carbocycles. The van der Waals surface area contributed by atoms with Crippen LogP contribution in [0.4, 0.5) is 0 Å². The van der Waals surface area contributed by atoms with Crippen LogP contribution in [0.1, 0.15) is 44.2 Å². The lowest BCUT2D eigenvalue weighted by Gasteiger charge is -2.35. The lowest BCUT2D eigenvalue weighted by atomic mass is 10.2. The van der Waals surface area contributed by atoms with Gasteiger partial charge >= 0.3 is 0 Å². The Balaban J connectivity index is 2.24.